The minimum Gasteiger partial charge on any atom is -0.455 e. The molecule has 0 spiro atoms. The molecule has 0 saturated heterocycles. The Kier molecular flexibility index (Phi) is 4.48. The molecule has 216 valence electrons. The van der Waals surface area contributed by atoms with Gasteiger partial charge in [0.25, 0.3) is 0 Å². The van der Waals surface area contributed by atoms with Crippen molar-refractivity contribution in [3.8, 4) is 11.4 Å². The first kappa shape index (κ1) is 24.6. The van der Waals surface area contributed by atoms with Crippen LogP contribution in [0.25, 0.3) is 76.9 Å². The number of fused-ring (bicyclic) bond motifs is 14. The van der Waals surface area contributed by atoms with Crippen LogP contribution in [0.5, 0.6) is 0 Å². The van der Waals surface area contributed by atoms with Gasteiger partial charge in [0.2, 0.25) is 6.71 Å². The third-order valence-corrected chi connectivity index (χ3v) is 11.7. The number of aromatic nitrogens is 2. The summed E-state index contributed by atoms with van der Waals surface area (Å²) in [5.41, 5.74) is 13.5. The molecular formula is C42H23BN2OS. The van der Waals surface area contributed by atoms with Crippen LogP contribution in [-0.2, 0) is 0 Å². The summed E-state index contributed by atoms with van der Waals surface area (Å²) in [7, 11) is 0. The lowest BCUT2D eigenvalue weighted by Crippen LogP contribution is -2.58. The van der Waals surface area contributed by atoms with E-state index in [0.29, 0.717) is 0 Å². The summed E-state index contributed by atoms with van der Waals surface area (Å²) in [6.45, 7) is 0.0954. The SMILES string of the molecule is c1ccc(-n2c3ccccc3c3cc4c(cc32)Sc2cccc3c2B4c2cc4c5ccccc5oc4c4c5ccccc5n-3c24)cc1. The van der Waals surface area contributed by atoms with Gasteiger partial charge in [0, 0.05) is 48.1 Å². The summed E-state index contributed by atoms with van der Waals surface area (Å²) in [5, 5.41) is 7.38. The van der Waals surface area contributed by atoms with Crippen molar-refractivity contribution in [2.24, 2.45) is 0 Å². The zero-order chi connectivity index (χ0) is 30.4. The fourth-order valence-electron chi connectivity index (χ4n) is 8.72. The molecule has 0 bridgehead atoms. The zero-order valence-corrected chi connectivity index (χ0v) is 25.9. The highest BCUT2D eigenvalue weighted by Gasteiger charge is 2.41. The van der Waals surface area contributed by atoms with E-state index >= 15 is 0 Å². The average Bonchev–Trinajstić information content (AvgIpc) is 3.77. The minimum atomic E-state index is 0.0954. The molecule has 0 saturated carbocycles. The van der Waals surface area contributed by atoms with E-state index in [4.69, 9.17) is 4.42 Å². The molecule has 7 aromatic carbocycles. The van der Waals surface area contributed by atoms with Gasteiger partial charge in [0.05, 0.1) is 27.5 Å². The number of benzene rings is 7. The molecule has 2 aliphatic heterocycles. The van der Waals surface area contributed by atoms with Gasteiger partial charge in [-0.1, -0.05) is 108 Å². The average molecular weight is 615 g/mol. The highest BCUT2D eigenvalue weighted by Crippen LogP contribution is 2.44. The van der Waals surface area contributed by atoms with Gasteiger partial charge in [-0.2, -0.15) is 0 Å². The lowest BCUT2D eigenvalue weighted by molar-refractivity contribution is 0.673. The Hall–Kier alpha value is -5.65. The predicted molar refractivity (Wildman–Crippen MR) is 198 cm³/mol. The van der Waals surface area contributed by atoms with Crippen LogP contribution in [0.1, 0.15) is 0 Å². The van der Waals surface area contributed by atoms with Crippen molar-refractivity contribution in [3.63, 3.8) is 0 Å². The van der Waals surface area contributed by atoms with E-state index in [2.05, 4.69) is 149 Å². The van der Waals surface area contributed by atoms with Crippen molar-refractivity contribution in [2.45, 2.75) is 9.79 Å². The van der Waals surface area contributed by atoms with Crippen molar-refractivity contribution in [1.29, 1.82) is 0 Å². The molecule has 0 fully saturated rings. The van der Waals surface area contributed by atoms with E-state index < -0.39 is 0 Å². The van der Waals surface area contributed by atoms with Crippen molar-refractivity contribution >= 4 is 100 Å². The zero-order valence-electron chi connectivity index (χ0n) is 25.1. The highest BCUT2D eigenvalue weighted by molar-refractivity contribution is 8.00. The smallest absolute Gasteiger partial charge is 0.249 e. The number of hydrogen-bond donors (Lipinski definition) is 0. The molecule has 2 aliphatic rings. The van der Waals surface area contributed by atoms with Gasteiger partial charge >= 0.3 is 0 Å². The third-order valence-electron chi connectivity index (χ3n) is 10.5. The van der Waals surface area contributed by atoms with E-state index in [1.54, 1.807) is 0 Å². The summed E-state index contributed by atoms with van der Waals surface area (Å²) in [6, 6.07) is 51.2. The first-order valence-corrected chi connectivity index (χ1v) is 17.0. The molecule has 3 aromatic heterocycles. The van der Waals surface area contributed by atoms with Crippen molar-refractivity contribution < 1.29 is 4.42 Å². The Morgan fingerprint density at radius 1 is 0.511 bits per heavy atom. The Morgan fingerprint density at radius 3 is 2.11 bits per heavy atom. The number of rotatable bonds is 1. The second kappa shape index (κ2) is 8.58. The molecule has 0 unspecified atom stereocenters. The van der Waals surface area contributed by atoms with E-state index in [9.17, 15) is 0 Å². The Morgan fingerprint density at radius 2 is 1.23 bits per heavy atom. The van der Waals surface area contributed by atoms with Crippen molar-refractivity contribution in [3.05, 3.63) is 140 Å². The largest absolute Gasteiger partial charge is 0.455 e. The van der Waals surface area contributed by atoms with Crippen LogP contribution >= 0.6 is 11.8 Å². The molecule has 5 heteroatoms. The monoisotopic (exact) mass is 614 g/mol. The number of furan rings is 1. The second-order valence-electron chi connectivity index (χ2n) is 12.8. The Labute approximate surface area is 273 Å². The summed E-state index contributed by atoms with van der Waals surface area (Å²) < 4.78 is 11.6. The van der Waals surface area contributed by atoms with Gasteiger partial charge in [-0.25, -0.2) is 0 Å². The number of para-hydroxylation sites is 4. The third kappa shape index (κ3) is 2.97. The minimum absolute atomic E-state index is 0.0954. The summed E-state index contributed by atoms with van der Waals surface area (Å²) >= 11 is 1.91. The molecule has 3 nitrogen and oxygen atoms in total. The fraction of sp³-hybridized carbons (Fsp3) is 0. The van der Waals surface area contributed by atoms with Crippen LogP contribution in [0.15, 0.2) is 154 Å². The first-order valence-electron chi connectivity index (χ1n) is 16.1. The van der Waals surface area contributed by atoms with Crippen LogP contribution in [0.4, 0.5) is 0 Å². The number of hydrogen-bond acceptors (Lipinski definition) is 2. The maximum atomic E-state index is 6.71. The Bertz CT molecular complexity index is 3000. The molecule has 12 rings (SSSR count). The van der Waals surface area contributed by atoms with E-state index in [1.807, 2.05) is 11.8 Å². The molecule has 0 amide bonds. The Balaban J connectivity index is 1.26. The fourth-order valence-corrected chi connectivity index (χ4v) is 9.90. The summed E-state index contributed by atoms with van der Waals surface area (Å²) in [6.07, 6.45) is 0. The van der Waals surface area contributed by atoms with Crippen LogP contribution in [0.2, 0.25) is 0 Å². The first-order chi connectivity index (χ1) is 23.3. The topological polar surface area (TPSA) is 23.0 Å². The molecule has 0 atom stereocenters. The van der Waals surface area contributed by atoms with Gasteiger partial charge in [-0.3, -0.25) is 0 Å². The molecule has 10 aromatic rings. The lowest BCUT2D eigenvalue weighted by atomic mass is 9.35. The van der Waals surface area contributed by atoms with E-state index in [0.717, 1.165) is 11.2 Å². The lowest BCUT2D eigenvalue weighted by Gasteiger charge is -2.33. The van der Waals surface area contributed by atoms with Gasteiger partial charge in [-0.05, 0) is 59.5 Å². The quantitative estimate of drug-likeness (QED) is 0.172. The van der Waals surface area contributed by atoms with E-state index in [1.165, 1.54) is 91.9 Å². The maximum Gasteiger partial charge on any atom is 0.249 e. The van der Waals surface area contributed by atoms with Crippen LogP contribution in [0.3, 0.4) is 0 Å². The number of nitrogens with zero attached hydrogens (tertiary/aromatic N) is 2. The van der Waals surface area contributed by atoms with Crippen molar-refractivity contribution in [2.75, 3.05) is 0 Å². The van der Waals surface area contributed by atoms with Crippen LogP contribution < -0.4 is 16.4 Å². The highest BCUT2D eigenvalue weighted by atomic mass is 32.2. The standard InChI is InChI=1S/C42H23BN2OS/c1-2-11-24(12-3-1)44-32-16-7-4-13-25(32)28-21-30-38(23-35(28)44)47-37-20-10-18-34-40(37)43(30)31-22-29-26-14-6-9-19-36(26)46-42(29)39-27-15-5-8-17-33(27)45(34)41(31)39/h1-23H. The van der Waals surface area contributed by atoms with Crippen molar-refractivity contribution in [1.82, 2.24) is 9.13 Å². The molecule has 47 heavy (non-hydrogen) atoms. The van der Waals surface area contributed by atoms with Gasteiger partial charge in [0.15, 0.2) is 0 Å². The van der Waals surface area contributed by atoms with E-state index in [-0.39, 0.29) is 6.71 Å². The predicted octanol–water partition coefficient (Wildman–Crippen LogP) is 9.07. The second-order valence-corrected chi connectivity index (χ2v) is 13.9. The van der Waals surface area contributed by atoms with Gasteiger partial charge < -0.3 is 13.6 Å². The normalized spacial score (nSPS) is 13.4. The molecular weight excluding hydrogens is 591 g/mol. The molecule has 0 radical (unpaired) electrons. The summed E-state index contributed by atoms with van der Waals surface area (Å²) in [4.78, 5) is 2.65. The maximum absolute atomic E-state index is 6.71. The van der Waals surface area contributed by atoms with Gasteiger partial charge in [-0.15, -0.1) is 0 Å². The van der Waals surface area contributed by atoms with Crippen LogP contribution in [-0.4, -0.2) is 15.8 Å². The molecule has 5 heterocycles. The van der Waals surface area contributed by atoms with Crippen LogP contribution in [0, 0.1) is 0 Å². The molecule has 0 N–H and O–H groups in total. The summed E-state index contributed by atoms with van der Waals surface area (Å²) in [5.74, 6) is 0. The molecule has 0 aliphatic carbocycles. The van der Waals surface area contributed by atoms with Gasteiger partial charge in [0.1, 0.15) is 11.2 Å².